The summed E-state index contributed by atoms with van der Waals surface area (Å²) >= 11 is 8.87. The van der Waals surface area contributed by atoms with Gasteiger partial charge >= 0.3 is 5.97 Å². The van der Waals surface area contributed by atoms with Gasteiger partial charge in [0.1, 0.15) is 5.15 Å². The number of aromatic carboxylic acids is 1. The van der Waals surface area contributed by atoms with E-state index in [-0.39, 0.29) is 10.7 Å². The van der Waals surface area contributed by atoms with Crippen molar-refractivity contribution in [2.45, 2.75) is 0 Å². The van der Waals surface area contributed by atoms with Crippen LogP contribution in [0.5, 0.6) is 0 Å². The zero-order chi connectivity index (χ0) is 13.1. The van der Waals surface area contributed by atoms with Gasteiger partial charge in [0.05, 0.1) is 18.0 Å². The zero-order valence-electron chi connectivity index (χ0n) is 8.89. The van der Waals surface area contributed by atoms with Crippen molar-refractivity contribution in [3.63, 3.8) is 0 Å². The summed E-state index contributed by atoms with van der Waals surface area (Å²) in [4.78, 5) is 18.8. The summed E-state index contributed by atoms with van der Waals surface area (Å²) in [6, 6.07) is 4.86. The third-order valence-corrected chi connectivity index (χ3v) is 2.95. The van der Waals surface area contributed by atoms with Crippen LogP contribution in [0.2, 0.25) is 5.15 Å². The second-order valence-corrected chi connectivity index (χ2v) is 4.59. The summed E-state index contributed by atoms with van der Waals surface area (Å²) in [5, 5.41) is 12.2. The van der Waals surface area contributed by atoms with Crippen LogP contribution in [-0.2, 0) is 0 Å². The molecule has 0 spiro atoms. The molecule has 0 aliphatic carbocycles. The largest absolute Gasteiger partial charge is 0.478 e. The number of carbonyl (C=O) groups is 1. The van der Waals surface area contributed by atoms with Crippen molar-refractivity contribution in [2.75, 3.05) is 5.32 Å². The minimum absolute atomic E-state index is 0.162. The highest BCUT2D eigenvalue weighted by Gasteiger charge is 2.09. The number of aromatic nitrogens is 2. The molecule has 0 bridgehead atoms. The third-order valence-electron chi connectivity index (χ3n) is 2.07. The molecule has 1 heterocycles. The highest BCUT2D eigenvalue weighted by molar-refractivity contribution is 9.10. The monoisotopic (exact) mass is 327 g/mol. The number of nitrogens with one attached hydrogen (secondary N) is 1. The molecule has 2 aromatic rings. The van der Waals surface area contributed by atoms with Crippen LogP contribution in [0.15, 0.2) is 35.1 Å². The van der Waals surface area contributed by atoms with E-state index in [2.05, 4.69) is 31.2 Å². The Morgan fingerprint density at radius 3 is 2.83 bits per heavy atom. The third kappa shape index (κ3) is 2.96. The Morgan fingerprint density at radius 1 is 1.39 bits per heavy atom. The topological polar surface area (TPSA) is 75.1 Å². The van der Waals surface area contributed by atoms with Gasteiger partial charge in [0.2, 0.25) is 0 Å². The van der Waals surface area contributed by atoms with E-state index in [1.165, 1.54) is 18.5 Å². The lowest BCUT2D eigenvalue weighted by atomic mass is 10.2. The van der Waals surface area contributed by atoms with Crippen LogP contribution in [0, 0.1) is 0 Å². The fourth-order valence-electron chi connectivity index (χ4n) is 1.32. The van der Waals surface area contributed by atoms with Gasteiger partial charge in [-0.15, -0.1) is 0 Å². The van der Waals surface area contributed by atoms with E-state index in [4.69, 9.17) is 16.7 Å². The standard InChI is InChI=1S/C11H7BrClN3O2/c12-8-2-1-6(3-7(8)11(17)18)15-10-5-14-4-9(13)16-10/h1-5H,(H,15,16)(H,17,18). The minimum Gasteiger partial charge on any atom is -0.478 e. The number of carboxylic acid groups (broad SMARTS) is 1. The molecule has 0 fully saturated rings. The summed E-state index contributed by atoms with van der Waals surface area (Å²) < 4.78 is 0.512. The maximum atomic E-state index is 11.0. The number of anilines is 2. The predicted molar refractivity (Wildman–Crippen MR) is 71.4 cm³/mol. The van der Waals surface area contributed by atoms with Gasteiger partial charge in [-0.05, 0) is 34.1 Å². The lowest BCUT2D eigenvalue weighted by Gasteiger charge is -2.07. The molecule has 0 saturated carbocycles. The van der Waals surface area contributed by atoms with Gasteiger partial charge in [0.25, 0.3) is 0 Å². The second kappa shape index (κ2) is 5.32. The molecule has 1 aromatic carbocycles. The summed E-state index contributed by atoms with van der Waals surface area (Å²) in [5.41, 5.74) is 0.752. The highest BCUT2D eigenvalue weighted by atomic mass is 79.9. The van der Waals surface area contributed by atoms with Crippen molar-refractivity contribution in [3.05, 3.63) is 45.8 Å². The van der Waals surface area contributed by atoms with Gasteiger partial charge in [0.15, 0.2) is 5.82 Å². The van der Waals surface area contributed by atoms with Crippen LogP contribution in [0.25, 0.3) is 0 Å². The van der Waals surface area contributed by atoms with Crippen molar-refractivity contribution in [1.82, 2.24) is 9.97 Å². The average molecular weight is 329 g/mol. The SMILES string of the molecule is O=C(O)c1cc(Nc2cncc(Cl)n2)ccc1Br. The molecule has 2 N–H and O–H groups in total. The maximum absolute atomic E-state index is 11.0. The van der Waals surface area contributed by atoms with Crippen LogP contribution >= 0.6 is 27.5 Å². The summed E-state index contributed by atoms with van der Waals surface area (Å²) in [6.07, 6.45) is 2.91. The number of rotatable bonds is 3. The van der Waals surface area contributed by atoms with Gasteiger partial charge < -0.3 is 10.4 Å². The van der Waals surface area contributed by atoms with Crippen LogP contribution in [-0.4, -0.2) is 21.0 Å². The maximum Gasteiger partial charge on any atom is 0.336 e. The van der Waals surface area contributed by atoms with E-state index >= 15 is 0 Å². The molecule has 0 aliphatic rings. The highest BCUT2D eigenvalue weighted by Crippen LogP contribution is 2.23. The van der Waals surface area contributed by atoms with Crippen molar-refractivity contribution in [1.29, 1.82) is 0 Å². The smallest absolute Gasteiger partial charge is 0.336 e. The van der Waals surface area contributed by atoms with Crippen LogP contribution in [0.3, 0.4) is 0 Å². The number of hydrogen-bond donors (Lipinski definition) is 2. The number of hydrogen-bond acceptors (Lipinski definition) is 4. The van der Waals surface area contributed by atoms with Crippen molar-refractivity contribution < 1.29 is 9.90 Å². The van der Waals surface area contributed by atoms with Crippen LogP contribution in [0.1, 0.15) is 10.4 Å². The van der Waals surface area contributed by atoms with Gasteiger partial charge in [-0.1, -0.05) is 11.6 Å². The first kappa shape index (κ1) is 12.8. The fourth-order valence-corrected chi connectivity index (χ4v) is 1.88. The Labute approximate surface area is 116 Å². The molecule has 0 radical (unpaired) electrons. The molecule has 5 nitrogen and oxygen atoms in total. The molecule has 2 rings (SSSR count). The molecular formula is C11H7BrClN3O2. The van der Waals surface area contributed by atoms with E-state index in [1.54, 1.807) is 12.1 Å². The van der Waals surface area contributed by atoms with E-state index in [0.29, 0.717) is 16.0 Å². The lowest BCUT2D eigenvalue weighted by Crippen LogP contribution is -2.00. The molecule has 92 valence electrons. The van der Waals surface area contributed by atoms with E-state index in [9.17, 15) is 4.79 Å². The summed E-state index contributed by atoms with van der Waals surface area (Å²) in [6.45, 7) is 0. The molecule has 7 heteroatoms. The van der Waals surface area contributed by atoms with Crippen molar-refractivity contribution in [3.8, 4) is 0 Å². The first-order valence-corrected chi connectivity index (χ1v) is 6.01. The van der Waals surface area contributed by atoms with Gasteiger partial charge in [-0.2, -0.15) is 0 Å². The van der Waals surface area contributed by atoms with Gasteiger partial charge in [0, 0.05) is 10.2 Å². The quantitative estimate of drug-likeness (QED) is 0.904. The Balaban J connectivity index is 2.30. The second-order valence-electron chi connectivity index (χ2n) is 3.35. The molecule has 0 saturated heterocycles. The molecule has 0 aliphatic heterocycles. The first-order valence-electron chi connectivity index (χ1n) is 4.83. The molecule has 0 atom stereocenters. The average Bonchev–Trinajstić information content (AvgIpc) is 2.31. The van der Waals surface area contributed by atoms with Crippen molar-refractivity contribution in [2.24, 2.45) is 0 Å². The Bertz CT molecular complexity index is 607. The van der Waals surface area contributed by atoms with Gasteiger partial charge in [-0.25, -0.2) is 9.78 Å². The predicted octanol–water partition coefficient (Wildman–Crippen LogP) is 3.33. The zero-order valence-corrected chi connectivity index (χ0v) is 11.2. The summed E-state index contributed by atoms with van der Waals surface area (Å²) in [5.74, 6) is -0.566. The van der Waals surface area contributed by atoms with Crippen LogP contribution in [0.4, 0.5) is 11.5 Å². The number of halogens is 2. The first-order chi connectivity index (χ1) is 8.56. The lowest BCUT2D eigenvalue weighted by molar-refractivity contribution is 0.0696. The van der Waals surface area contributed by atoms with E-state index in [1.807, 2.05) is 0 Å². The Morgan fingerprint density at radius 2 is 2.17 bits per heavy atom. The van der Waals surface area contributed by atoms with E-state index < -0.39 is 5.97 Å². The van der Waals surface area contributed by atoms with E-state index in [0.717, 1.165) is 0 Å². The number of nitrogens with zero attached hydrogens (tertiary/aromatic N) is 2. The normalized spacial score (nSPS) is 10.1. The minimum atomic E-state index is -1.01. The number of carboxylic acids is 1. The van der Waals surface area contributed by atoms with Crippen LogP contribution < -0.4 is 5.32 Å². The molecule has 1 aromatic heterocycles. The fraction of sp³-hybridized carbons (Fsp3) is 0. The van der Waals surface area contributed by atoms with Crippen molar-refractivity contribution >= 4 is 45.0 Å². The molecular weight excluding hydrogens is 321 g/mol. The molecule has 0 unspecified atom stereocenters. The van der Waals surface area contributed by atoms with Gasteiger partial charge in [-0.3, -0.25) is 4.98 Å². The molecule has 0 amide bonds. The Kier molecular flexibility index (Phi) is 3.78. The summed E-state index contributed by atoms with van der Waals surface area (Å²) in [7, 11) is 0. The number of benzene rings is 1. The Hall–Kier alpha value is -1.66. The molecule has 18 heavy (non-hydrogen) atoms.